The van der Waals surface area contributed by atoms with E-state index in [4.69, 9.17) is 25.9 Å². The van der Waals surface area contributed by atoms with E-state index in [1.54, 1.807) is 38.1 Å². The van der Waals surface area contributed by atoms with Crippen molar-refractivity contribution in [1.29, 1.82) is 0 Å². The lowest BCUT2D eigenvalue weighted by molar-refractivity contribution is -0.137. The summed E-state index contributed by atoms with van der Waals surface area (Å²) in [4.78, 5) is 10.2. The molecule has 1 N–H and O–H groups in total. The molecule has 5 nitrogen and oxygen atoms in total. The second-order valence-corrected chi connectivity index (χ2v) is 9.29. The van der Waals surface area contributed by atoms with Crippen LogP contribution in [0.2, 0.25) is 5.02 Å². The molecule has 2 aromatic rings. The molecule has 1 aliphatic rings. The Balaban J connectivity index is 0.00000190. The van der Waals surface area contributed by atoms with Gasteiger partial charge in [0.1, 0.15) is 18.1 Å². The van der Waals surface area contributed by atoms with Crippen LogP contribution in [0, 0.1) is 0 Å². The second kappa shape index (κ2) is 18.6. The number of rotatable bonds is 6. The van der Waals surface area contributed by atoms with Crippen molar-refractivity contribution in [3.05, 3.63) is 82.2 Å². The molecule has 0 saturated carbocycles. The molecule has 1 aliphatic heterocycles. The monoisotopic (exact) mass is 617 g/mol. The number of alkyl halides is 4. The summed E-state index contributed by atoms with van der Waals surface area (Å²) < 4.78 is 67.7. The molecule has 42 heavy (non-hydrogen) atoms. The molecule has 2 atom stereocenters. The van der Waals surface area contributed by atoms with Gasteiger partial charge in [-0.15, -0.1) is 0 Å². The van der Waals surface area contributed by atoms with Crippen LogP contribution >= 0.6 is 11.6 Å². The fourth-order valence-electron chi connectivity index (χ4n) is 3.73. The zero-order valence-corrected chi connectivity index (χ0v) is 26.5. The number of nitrogens with zero attached hydrogens (tertiary/aromatic N) is 1. The maximum atomic E-state index is 15.1. The first kappa shape index (κ1) is 39.1. The highest BCUT2D eigenvalue weighted by Gasteiger charge is 2.39. The van der Waals surface area contributed by atoms with E-state index in [0.717, 1.165) is 25.3 Å². The highest BCUT2D eigenvalue weighted by atomic mass is 35.5. The van der Waals surface area contributed by atoms with E-state index < -0.39 is 30.1 Å². The van der Waals surface area contributed by atoms with Crippen LogP contribution in [0.15, 0.2) is 60.4 Å². The molecular weight excluding hydrogens is 574 g/mol. The summed E-state index contributed by atoms with van der Waals surface area (Å²) in [6.07, 6.45) is -1.98. The van der Waals surface area contributed by atoms with E-state index in [1.165, 1.54) is 24.3 Å². The van der Waals surface area contributed by atoms with Crippen molar-refractivity contribution >= 4 is 23.6 Å². The SMILES string of the molecule is C=C(N1/C(=C\C)CO[C@H](c2cccc(OCC)c2Cl)c2cc(C(F)(F)F)ccc21)C(C)(F)CO.CC.CC=O.CCC. The zero-order valence-electron chi connectivity index (χ0n) is 25.7. The summed E-state index contributed by atoms with van der Waals surface area (Å²) >= 11 is 6.57. The maximum absolute atomic E-state index is 15.1. The minimum absolute atomic E-state index is 0.0765. The predicted molar refractivity (Wildman–Crippen MR) is 163 cm³/mol. The molecule has 1 heterocycles. The van der Waals surface area contributed by atoms with E-state index in [0.29, 0.717) is 23.6 Å². The van der Waals surface area contributed by atoms with Gasteiger partial charge in [0.25, 0.3) is 0 Å². The van der Waals surface area contributed by atoms with Gasteiger partial charge in [-0.25, -0.2) is 4.39 Å². The van der Waals surface area contributed by atoms with E-state index in [-0.39, 0.29) is 28.6 Å². The Morgan fingerprint density at radius 3 is 2.19 bits per heavy atom. The second-order valence-electron chi connectivity index (χ2n) is 8.92. The van der Waals surface area contributed by atoms with Crippen LogP contribution in [-0.2, 0) is 15.7 Å². The fraction of sp³-hybridized carbons (Fsp3) is 0.469. The van der Waals surface area contributed by atoms with Crippen LogP contribution in [0.3, 0.4) is 0 Å². The molecule has 3 rings (SSSR count). The number of aliphatic hydroxyl groups is 1. The van der Waals surface area contributed by atoms with Crippen LogP contribution in [0.5, 0.6) is 5.75 Å². The Morgan fingerprint density at radius 1 is 1.14 bits per heavy atom. The number of carbonyl (C=O) groups is 1. The van der Waals surface area contributed by atoms with Crippen molar-refractivity contribution in [1.82, 2.24) is 0 Å². The minimum atomic E-state index is -4.62. The van der Waals surface area contributed by atoms with Crippen molar-refractivity contribution in [3.63, 3.8) is 0 Å². The van der Waals surface area contributed by atoms with Gasteiger partial charge in [-0.1, -0.05) is 70.5 Å². The molecule has 0 amide bonds. The maximum Gasteiger partial charge on any atom is 0.416 e. The third kappa shape index (κ3) is 10.1. The Morgan fingerprint density at radius 2 is 1.71 bits per heavy atom. The highest BCUT2D eigenvalue weighted by molar-refractivity contribution is 6.33. The van der Waals surface area contributed by atoms with Crippen LogP contribution < -0.4 is 9.64 Å². The molecule has 1 unspecified atom stereocenters. The number of carbonyl (C=O) groups excluding carboxylic acids is 1. The molecule has 0 bridgehead atoms. The normalized spacial score (nSPS) is 16.6. The molecule has 0 aliphatic carbocycles. The lowest BCUT2D eigenvalue weighted by Crippen LogP contribution is -2.37. The molecule has 10 heteroatoms. The lowest BCUT2D eigenvalue weighted by atomic mass is 9.95. The first-order valence-corrected chi connectivity index (χ1v) is 14.2. The number of hydrogen-bond acceptors (Lipinski definition) is 5. The van der Waals surface area contributed by atoms with E-state index >= 15 is 4.39 Å². The van der Waals surface area contributed by atoms with Gasteiger partial charge in [0.05, 0.1) is 41.8 Å². The highest BCUT2D eigenvalue weighted by Crippen LogP contribution is 2.46. The Hall–Kier alpha value is -2.88. The summed E-state index contributed by atoms with van der Waals surface area (Å²) in [5, 5.41) is 9.78. The van der Waals surface area contributed by atoms with Gasteiger partial charge >= 0.3 is 6.18 Å². The number of hydrogen-bond donors (Lipinski definition) is 1. The molecule has 236 valence electrons. The summed E-state index contributed by atoms with van der Waals surface area (Å²) in [6.45, 7) is 17.5. The van der Waals surface area contributed by atoms with Gasteiger partial charge in [0.2, 0.25) is 0 Å². The van der Waals surface area contributed by atoms with Crippen LogP contribution in [0.25, 0.3) is 0 Å². The first-order chi connectivity index (χ1) is 19.8. The largest absolute Gasteiger partial charge is 0.492 e. The topological polar surface area (TPSA) is 59.0 Å². The molecule has 0 spiro atoms. The molecule has 0 fully saturated rings. The smallest absolute Gasteiger partial charge is 0.416 e. The molecule has 0 aromatic heterocycles. The standard InChI is InChI=1S/C25H26ClF4NO3.C3H8.C2H4O.C2H6/c1-5-17-13-34-23(18-8-7-9-21(22(18)26)33-6-2)19-12-16(25(28,29)30)10-11-20(19)31(17)15(3)24(4,27)14-32;1-3-2;1-2-3;1-2/h5,7-12,23,32H,3,6,13-14H2,1-2,4H3;3H2,1-2H3;2H,1H3;1-2H3/b17-5-;;;/t23-,24?;;;/m1.../s1. The Labute approximate surface area is 252 Å². The molecule has 2 aromatic carbocycles. The van der Waals surface area contributed by atoms with Gasteiger partial charge in [0, 0.05) is 16.8 Å². The van der Waals surface area contributed by atoms with E-state index in [2.05, 4.69) is 20.4 Å². The van der Waals surface area contributed by atoms with Gasteiger partial charge < -0.3 is 24.3 Å². The number of benzene rings is 2. The van der Waals surface area contributed by atoms with Crippen LogP contribution in [-0.4, -0.2) is 36.9 Å². The fourth-order valence-corrected chi connectivity index (χ4v) is 4.01. The average molecular weight is 618 g/mol. The number of ether oxygens (including phenoxy) is 2. The van der Waals surface area contributed by atoms with Crippen molar-refractivity contribution in [2.75, 3.05) is 24.7 Å². The summed E-state index contributed by atoms with van der Waals surface area (Å²) in [5.74, 6) is 0.368. The third-order valence-electron chi connectivity index (χ3n) is 5.64. The quantitative estimate of drug-likeness (QED) is 0.258. The number of aldehydes is 1. The number of fused-ring (bicyclic) bond motifs is 1. The van der Waals surface area contributed by atoms with Gasteiger partial charge in [-0.2, -0.15) is 13.2 Å². The summed E-state index contributed by atoms with van der Waals surface area (Å²) in [6, 6.07) is 8.11. The number of allylic oxidation sites excluding steroid dienone is 1. The number of anilines is 1. The summed E-state index contributed by atoms with van der Waals surface area (Å²) in [5.41, 5.74) is -2.05. The number of halogens is 5. The van der Waals surface area contributed by atoms with Gasteiger partial charge in [-0.05, 0) is 52.0 Å². The third-order valence-corrected chi connectivity index (χ3v) is 6.05. The van der Waals surface area contributed by atoms with Crippen LogP contribution in [0.4, 0.5) is 23.2 Å². The average Bonchev–Trinajstić information content (AvgIpc) is 3.11. The van der Waals surface area contributed by atoms with Gasteiger partial charge in [0.15, 0.2) is 5.67 Å². The zero-order chi connectivity index (χ0) is 32.7. The van der Waals surface area contributed by atoms with Crippen molar-refractivity contribution in [2.45, 2.75) is 79.8 Å². The Kier molecular flexibility index (Phi) is 17.3. The Bertz CT molecular complexity index is 1170. The van der Waals surface area contributed by atoms with Gasteiger partial charge in [-0.3, -0.25) is 0 Å². The number of aliphatic hydroxyl groups excluding tert-OH is 1. The lowest BCUT2D eigenvalue weighted by Gasteiger charge is -2.34. The minimum Gasteiger partial charge on any atom is -0.492 e. The van der Waals surface area contributed by atoms with Crippen LogP contribution in [0.1, 0.15) is 84.6 Å². The van der Waals surface area contributed by atoms with Crippen molar-refractivity contribution in [2.24, 2.45) is 0 Å². The molecular formula is C32H44ClF4NO4. The van der Waals surface area contributed by atoms with E-state index in [1.807, 2.05) is 13.8 Å². The summed E-state index contributed by atoms with van der Waals surface area (Å²) in [7, 11) is 0. The predicted octanol–water partition coefficient (Wildman–Crippen LogP) is 9.47. The van der Waals surface area contributed by atoms with Crippen molar-refractivity contribution in [3.8, 4) is 5.75 Å². The first-order valence-electron chi connectivity index (χ1n) is 13.9. The molecule has 0 saturated heterocycles. The van der Waals surface area contributed by atoms with Crippen molar-refractivity contribution < 1.29 is 36.9 Å². The van der Waals surface area contributed by atoms with E-state index in [9.17, 15) is 18.3 Å². The molecule has 0 radical (unpaired) electrons.